The monoisotopic (exact) mass is 480 g/mol. The standard InChI is InChI=1S/C20H15ClF2N4O2S2/c1-10-25-18(20(28)29-2)19(30-10)17(13-5-3-11(21)7-14(13)22)26-12-4-6-16-15(8-12)24-9-27(16)31-23/h3-9,17,26H,1-2H3. The number of carbonyl (C=O) groups is 1. The first-order chi connectivity index (χ1) is 14.9. The van der Waals surface area contributed by atoms with Gasteiger partial charge in [-0.05, 0) is 37.3 Å². The number of aromatic nitrogens is 3. The van der Waals surface area contributed by atoms with E-state index in [2.05, 4.69) is 15.3 Å². The number of halogens is 3. The zero-order chi connectivity index (χ0) is 22.1. The first kappa shape index (κ1) is 21.5. The van der Waals surface area contributed by atoms with Crippen molar-refractivity contribution in [1.82, 2.24) is 13.9 Å². The van der Waals surface area contributed by atoms with Gasteiger partial charge in [-0.3, -0.25) is 0 Å². The van der Waals surface area contributed by atoms with Crippen LogP contribution in [0.2, 0.25) is 5.02 Å². The Labute approximate surface area is 189 Å². The molecule has 0 aliphatic rings. The van der Waals surface area contributed by atoms with Crippen LogP contribution in [0.5, 0.6) is 0 Å². The molecule has 0 radical (unpaired) electrons. The molecule has 0 aliphatic heterocycles. The minimum Gasteiger partial charge on any atom is -0.464 e. The van der Waals surface area contributed by atoms with Crippen molar-refractivity contribution >= 4 is 58.0 Å². The fraction of sp³-hybridized carbons (Fsp3) is 0.150. The van der Waals surface area contributed by atoms with E-state index >= 15 is 0 Å². The highest BCUT2D eigenvalue weighted by Crippen LogP contribution is 2.36. The molecule has 1 N–H and O–H groups in total. The highest BCUT2D eigenvalue weighted by molar-refractivity contribution is 7.92. The maximum atomic E-state index is 14.9. The van der Waals surface area contributed by atoms with Crippen LogP contribution in [0.25, 0.3) is 11.0 Å². The molecular weight excluding hydrogens is 466 g/mol. The molecule has 0 fully saturated rings. The van der Waals surface area contributed by atoms with Crippen LogP contribution in [-0.4, -0.2) is 27.0 Å². The fourth-order valence-corrected chi connectivity index (χ4v) is 4.66. The van der Waals surface area contributed by atoms with Crippen molar-refractivity contribution in [2.75, 3.05) is 12.4 Å². The Balaban J connectivity index is 1.83. The number of methoxy groups -OCH3 is 1. The van der Waals surface area contributed by atoms with Gasteiger partial charge in [-0.25, -0.2) is 23.1 Å². The third-order valence-corrected chi connectivity index (χ3v) is 6.29. The number of imidazole rings is 1. The summed E-state index contributed by atoms with van der Waals surface area (Å²) in [6, 6.07) is 8.72. The molecule has 0 aliphatic carbocycles. The van der Waals surface area contributed by atoms with E-state index in [0.717, 1.165) is 0 Å². The van der Waals surface area contributed by atoms with Crippen molar-refractivity contribution in [2.24, 2.45) is 0 Å². The number of rotatable bonds is 6. The van der Waals surface area contributed by atoms with Crippen LogP contribution in [0.15, 0.2) is 42.7 Å². The normalized spacial score (nSPS) is 12.2. The quantitative estimate of drug-likeness (QED) is 0.343. The Morgan fingerprint density at radius 3 is 2.84 bits per heavy atom. The minimum absolute atomic E-state index is 0.0458. The van der Waals surface area contributed by atoms with Gasteiger partial charge in [0.2, 0.25) is 0 Å². The molecule has 4 rings (SSSR count). The van der Waals surface area contributed by atoms with Crippen LogP contribution in [0.1, 0.15) is 32.0 Å². The molecule has 1 unspecified atom stereocenters. The summed E-state index contributed by atoms with van der Waals surface area (Å²) in [7, 11) is 1.26. The number of anilines is 1. The van der Waals surface area contributed by atoms with Gasteiger partial charge in [0.05, 0.1) is 34.1 Å². The van der Waals surface area contributed by atoms with E-state index < -0.39 is 17.8 Å². The lowest BCUT2D eigenvalue weighted by molar-refractivity contribution is 0.0593. The number of hydrogen-bond acceptors (Lipinski definition) is 7. The van der Waals surface area contributed by atoms with Crippen molar-refractivity contribution < 1.29 is 17.8 Å². The van der Waals surface area contributed by atoms with Crippen LogP contribution in [0.4, 0.5) is 14.0 Å². The predicted octanol–water partition coefficient (Wildman–Crippen LogP) is 5.96. The number of nitrogens with zero attached hydrogens (tertiary/aromatic N) is 3. The molecule has 6 nitrogen and oxygen atoms in total. The van der Waals surface area contributed by atoms with E-state index in [4.69, 9.17) is 16.3 Å². The number of thiazole rings is 1. The highest BCUT2D eigenvalue weighted by Gasteiger charge is 2.28. The lowest BCUT2D eigenvalue weighted by atomic mass is 10.0. The van der Waals surface area contributed by atoms with Gasteiger partial charge in [0.15, 0.2) is 18.0 Å². The largest absolute Gasteiger partial charge is 0.464 e. The van der Waals surface area contributed by atoms with Gasteiger partial charge >= 0.3 is 5.97 Å². The summed E-state index contributed by atoms with van der Waals surface area (Å²) in [6.45, 7) is 1.75. The van der Waals surface area contributed by atoms with Crippen LogP contribution >= 0.6 is 35.3 Å². The molecule has 0 spiro atoms. The molecule has 160 valence electrons. The smallest absolute Gasteiger partial charge is 0.357 e. The molecule has 11 heteroatoms. The molecule has 0 saturated carbocycles. The second-order valence-corrected chi connectivity index (χ2v) is 8.73. The summed E-state index contributed by atoms with van der Waals surface area (Å²) in [6.07, 6.45) is 1.37. The molecule has 2 aromatic carbocycles. The summed E-state index contributed by atoms with van der Waals surface area (Å²) in [5.74, 6) is -1.15. The van der Waals surface area contributed by atoms with Gasteiger partial charge in [-0.1, -0.05) is 17.7 Å². The van der Waals surface area contributed by atoms with Gasteiger partial charge in [0.1, 0.15) is 12.1 Å². The molecule has 1 atom stereocenters. The number of nitrogens with one attached hydrogen (secondary N) is 1. The molecule has 0 bridgehead atoms. The molecule has 2 heterocycles. The first-order valence-corrected chi connectivity index (χ1v) is 10.8. The topological polar surface area (TPSA) is 69.0 Å². The number of benzene rings is 2. The van der Waals surface area contributed by atoms with Crippen LogP contribution in [0.3, 0.4) is 0 Å². The molecule has 0 amide bonds. The molecule has 2 aromatic heterocycles. The number of ether oxygens (including phenoxy) is 1. The number of aryl methyl sites for hydroxylation is 1. The molecule has 31 heavy (non-hydrogen) atoms. The van der Waals surface area contributed by atoms with Crippen molar-refractivity contribution in [3.63, 3.8) is 0 Å². The fourth-order valence-electron chi connectivity index (χ4n) is 3.20. The Hall–Kier alpha value is -2.69. The second kappa shape index (κ2) is 8.81. The zero-order valence-electron chi connectivity index (χ0n) is 16.2. The SMILES string of the molecule is COC(=O)c1nc(C)sc1C(Nc1ccc2c(c1)ncn2SF)c1ccc(Cl)cc1F. The van der Waals surface area contributed by atoms with Crippen molar-refractivity contribution in [2.45, 2.75) is 13.0 Å². The van der Waals surface area contributed by atoms with Crippen LogP contribution < -0.4 is 5.32 Å². The highest BCUT2D eigenvalue weighted by atomic mass is 35.5. The van der Waals surface area contributed by atoms with E-state index in [-0.39, 0.29) is 28.6 Å². The number of fused-ring (bicyclic) bond motifs is 1. The Morgan fingerprint density at radius 2 is 2.13 bits per heavy atom. The van der Waals surface area contributed by atoms with E-state index in [0.29, 0.717) is 26.6 Å². The van der Waals surface area contributed by atoms with Crippen molar-refractivity contribution in [1.29, 1.82) is 0 Å². The molecule has 4 aromatic rings. The van der Waals surface area contributed by atoms with Gasteiger partial charge in [0, 0.05) is 16.3 Å². The number of esters is 1. The Bertz CT molecular complexity index is 1280. The molecule has 0 saturated heterocycles. The second-order valence-electron chi connectivity index (χ2n) is 6.52. The summed E-state index contributed by atoms with van der Waals surface area (Å²) in [4.78, 5) is 21.3. The molecular formula is C20H15ClF2N4O2S2. The Kier molecular flexibility index (Phi) is 6.12. The third-order valence-electron chi connectivity index (χ3n) is 4.57. The predicted molar refractivity (Wildman–Crippen MR) is 119 cm³/mol. The van der Waals surface area contributed by atoms with Crippen molar-refractivity contribution in [3.8, 4) is 0 Å². The van der Waals surface area contributed by atoms with E-state index in [1.165, 1.54) is 34.8 Å². The van der Waals surface area contributed by atoms with Gasteiger partial charge in [0.25, 0.3) is 0 Å². The summed E-state index contributed by atoms with van der Waals surface area (Å²) >= 11 is 7.23. The maximum absolute atomic E-state index is 14.9. The minimum atomic E-state index is -0.757. The first-order valence-electron chi connectivity index (χ1n) is 8.94. The van der Waals surface area contributed by atoms with E-state index in [1.807, 2.05) is 0 Å². The summed E-state index contributed by atoms with van der Waals surface area (Å²) in [5, 5.41) is 4.14. The van der Waals surface area contributed by atoms with Gasteiger partial charge in [-0.15, -0.1) is 15.2 Å². The summed E-state index contributed by atoms with van der Waals surface area (Å²) in [5.41, 5.74) is 2.14. The third kappa shape index (κ3) is 4.23. The van der Waals surface area contributed by atoms with E-state index in [9.17, 15) is 13.1 Å². The number of carbonyl (C=O) groups excluding carboxylic acids is 1. The summed E-state index contributed by atoms with van der Waals surface area (Å²) < 4.78 is 34.0. The maximum Gasteiger partial charge on any atom is 0.357 e. The number of hydrogen-bond donors (Lipinski definition) is 1. The Morgan fingerprint density at radius 1 is 1.32 bits per heavy atom. The van der Waals surface area contributed by atoms with Gasteiger partial charge in [-0.2, -0.15) is 0 Å². The average molecular weight is 481 g/mol. The lowest BCUT2D eigenvalue weighted by Crippen LogP contribution is -2.17. The average Bonchev–Trinajstić information content (AvgIpc) is 3.34. The van der Waals surface area contributed by atoms with Crippen LogP contribution in [0, 0.1) is 12.7 Å². The van der Waals surface area contributed by atoms with Crippen LogP contribution in [-0.2, 0) is 4.74 Å². The lowest BCUT2D eigenvalue weighted by Gasteiger charge is -2.21. The zero-order valence-corrected chi connectivity index (χ0v) is 18.6. The van der Waals surface area contributed by atoms with E-state index in [1.54, 1.807) is 37.3 Å². The van der Waals surface area contributed by atoms with Gasteiger partial charge < -0.3 is 10.1 Å². The van der Waals surface area contributed by atoms with Crippen molar-refractivity contribution in [3.05, 3.63) is 74.7 Å².